The van der Waals surface area contributed by atoms with Gasteiger partial charge in [0.05, 0.1) is 17.0 Å². The number of rotatable bonds is 3. The van der Waals surface area contributed by atoms with Crippen molar-refractivity contribution in [3.05, 3.63) is 53.2 Å². The highest BCUT2D eigenvalue weighted by atomic mass is 32.1. The quantitative estimate of drug-likeness (QED) is 0.802. The molecular formula is C14H12N4OS. The van der Waals surface area contributed by atoms with Crippen molar-refractivity contribution in [2.24, 2.45) is 5.73 Å². The molecule has 2 N–H and O–H groups in total. The molecule has 6 heteroatoms. The average molecular weight is 284 g/mol. The Morgan fingerprint density at radius 2 is 2.05 bits per heavy atom. The smallest absolute Gasteiger partial charge is 0.252 e. The molecule has 100 valence electrons. The highest BCUT2D eigenvalue weighted by molar-refractivity contribution is 7.12. The van der Waals surface area contributed by atoms with Crippen LogP contribution in [0.15, 0.2) is 41.9 Å². The van der Waals surface area contributed by atoms with E-state index >= 15 is 0 Å². The van der Waals surface area contributed by atoms with Gasteiger partial charge in [0.15, 0.2) is 0 Å². The molecule has 5 nitrogen and oxygen atoms in total. The van der Waals surface area contributed by atoms with Gasteiger partial charge in [-0.3, -0.25) is 4.79 Å². The van der Waals surface area contributed by atoms with Gasteiger partial charge in [0.25, 0.3) is 5.91 Å². The number of carbonyl (C=O) groups excluding carboxylic acids is 1. The largest absolute Gasteiger partial charge is 0.365 e. The first-order valence-electron chi connectivity index (χ1n) is 6.03. The minimum Gasteiger partial charge on any atom is -0.365 e. The number of nitrogens with two attached hydrogens (primary N) is 1. The van der Waals surface area contributed by atoms with Crippen molar-refractivity contribution < 1.29 is 4.79 Å². The summed E-state index contributed by atoms with van der Waals surface area (Å²) in [7, 11) is 0. The molecule has 0 radical (unpaired) electrons. The van der Waals surface area contributed by atoms with Crippen molar-refractivity contribution in [3.8, 4) is 16.4 Å². The van der Waals surface area contributed by atoms with E-state index in [1.807, 2.05) is 35.7 Å². The highest BCUT2D eigenvalue weighted by Gasteiger charge is 2.22. The Kier molecular flexibility index (Phi) is 3.08. The van der Waals surface area contributed by atoms with E-state index in [4.69, 9.17) is 5.73 Å². The van der Waals surface area contributed by atoms with Crippen LogP contribution < -0.4 is 5.73 Å². The number of nitrogens with zero attached hydrogens (tertiary/aromatic N) is 3. The first-order valence-corrected chi connectivity index (χ1v) is 6.91. The van der Waals surface area contributed by atoms with Gasteiger partial charge < -0.3 is 5.73 Å². The molecule has 0 aliphatic carbocycles. The maximum Gasteiger partial charge on any atom is 0.252 e. The lowest BCUT2D eigenvalue weighted by molar-refractivity contribution is 0.100. The zero-order chi connectivity index (χ0) is 14.1. The Labute approximate surface area is 119 Å². The predicted octanol–water partition coefficient (Wildman–Crippen LogP) is 2.40. The van der Waals surface area contributed by atoms with Crippen LogP contribution in [0.4, 0.5) is 0 Å². The van der Waals surface area contributed by atoms with E-state index in [9.17, 15) is 4.79 Å². The summed E-state index contributed by atoms with van der Waals surface area (Å²) < 4.78 is 1.68. The molecule has 0 fully saturated rings. The number of hydrogen-bond acceptors (Lipinski definition) is 4. The molecule has 0 saturated carbocycles. The summed E-state index contributed by atoms with van der Waals surface area (Å²) in [5.74, 6) is -0.482. The van der Waals surface area contributed by atoms with Gasteiger partial charge in [0.1, 0.15) is 0 Å². The summed E-state index contributed by atoms with van der Waals surface area (Å²) in [4.78, 5) is 16.0. The van der Waals surface area contributed by atoms with E-state index in [0.29, 0.717) is 22.1 Å². The van der Waals surface area contributed by atoms with Gasteiger partial charge in [-0.25, -0.2) is 9.67 Å². The first kappa shape index (κ1) is 12.6. The van der Waals surface area contributed by atoms with Crippen LogP contribution in [0.2, 0.25) is 0 Å². The molecule has 3 aromatic rings. The molecule has 0 aliphatic rings. The van der Waals surface area contributed by atoms with Gasteiger partial charge in [-0.2, -0.15) is 5.10 Å². The Balaban J connectivity index is 2.32. The topological polar surface area (TPSA) is 73.8 Å². The summed E-state index contributed by atoms with van der Waals surface area (Å²) >= 11 is 1.46. The van der Waals surface area contributed by atoms with E-state index < -0.39 is 5.91 Å². The zero-order valence-electron chi connectivity index (χ0n) is 10.8. The van der Waals surface area contributed by atoms with Crippen LogP contribution in [0.1, 0.15) is 16.1 Å². The second-order valence-corrected chi connectivity index (χ2v) is 5.14. The molecule has 0 saturated heterocycles. The van der Waals surface area contributed by atoms with E-state index in [2.05, 4.69) is 10.1 Å². The summed E-state index contributed by atoms with van der Waals surface area (Å²) in [5.41, 5.74) is 8.12. The molecule has 0 bridgehead atoms. The number of benzene rings is 1. The molecule has 1 amide bonds. The van der Waals surface area contributed by atoms with Crippen molar-refractivity contribution in [2.45, 2.75) is 6.92 Å². The lowest BCUT2D eigenvalue weighted by Gasteiger charge is -2.06. The molecule has 0 aliphatic heterocycles. The fraction of sp³-hybridized carbons (Fsp3) is 0.0714. The van der Waals surface area contributed by atoms with Crippen LogP contribution in [0, 0.1) is 6.92 Å². The Morgan fingerprint density at radius 1 is 1.30 bits per heavy atom. The number of carbonyl (C=O) groups is 1. The predicted molar refractivity (Wildman–Crippen MR) is 77.9 cm³/mol. The van der Waals surface area contributed by atoms with E-state index in [1.54, 1.807) is 17.8 Å². The number of amides is 1. The number of thiazole rings is 1. The van der Waals surface area contributed by atoms with Crippen molar-refractivity contribution in [3.63, 3.8) is 0 Å². The molecule has 0 unspecified atom stereocenters. The molecular weight excluding hydrogens is 272 g/mol. The Bertz CT molecular complexity index is 747. The Hall–Kier alpha value is -2.47. The first-order chi connectivity index (χ1) is 9.68. The van der Waals surface area contributed by atoms with Crippen molar-refractivity contribution in [2.75, 3.05) is 0 Å². The number of aromatic nitrogens is 3. The van der Waals surface area contributed by atoms with Gasteiger partial charge in [0.2, 0.25) is 5.13 Å². The summed E-state index contributed by atoms with van der Waals surface area (Å²) in [6, 6.07) is 9.59. The van der Waals surface area contributed by atoms with Crippen LogP contribution in [0.5, 0.6) is 0 Å². The van der Waals surface area contributed by atoms with Gasteiger partial charge >= 0.3 is 0 Å². The average Bonchev–Trinajstić information content (AvgIpc) is 3.06. The van der Waals surface area contributed by atoms with Crippen LogP contribution in [0.3, 0.4) is 0 Å². The van der Waals surface area contributed by atoms with Crippen molar-refractivity contribution in [1.82, 2.24) is 14.8 Å². The van der Waals surface area contributed by atoms with Crippen LogP contribution in [0.25, 0.3) is 16.4 Å². The molecule has 0 atom stereocenters. The molecule has 1 aromatic carbocycles. The minimum atomic E-state index is -0.482. The van der Waals surface area contributed by atoms with E-state index in [-0.39, 0.29) is 0 Å². The standard InChI is InChI=1S/C14H12N4OS/c1-9-11(13(15)19)12(10-5-3-2-4-6-10)18(17-9)14-16-7-8-20-14/h2-8H,1H3,(H2,15,19). The normalized spacial score (nSPS) is 10.7. The molecule has 0 spiro atoms. The maximum absolute atomic E-state index is 11.8. The minimum absolute atomic E-state index is 0.436. The van der Waals surface area contributed by atoms with E-state index in [1.165, 1.54) is 11.3 Å². The van der Waals surface area contributed by atoms with E-state index in [0.717, 1.165) is 5.56 Å². The third-order valence-electron chi connectivity index (χ3n) is 2.95. The van der Waals surface area contributed by atoms with Crippen LogP contribution in [-0.4, -0.2) is 20.7 Å². The monoisotopic (exact) mass is 284 g/mol. The van der Waals surface area contributed by atoms with Crippen LogP contribution in [-0.2, 0) is 0 Å². The summed E-state index contributed by atoms with van der Waals surface area (Å²) in [5, 5.41) is 6.99. The zero-order valence-corrected chi connectivity index (χ0v) is 11.6. The van der Waals surface area contributed by atoms with Gasteiger partial charge in [-0.05, 0) is 6.92 Å². The van der Waals surface area contributed by atoms with Crippen molar-refractivity contribution >= 4 is 17.2 Å². The number of aryl methyl sites for hydroxylation is 1. The third-order valence-corrected chi connectivity index (χ3v) is 3.70. The number of hydrogen-bond donors (Lipinski definition) is 1. The SMILES string of the molecule is Cc1nn(-c2nccs2)c(-c2ccccc2)c1C(N)=O. The summed E-state index contributed by atoms with van der Waals surface area (Å²) in [6.07, 6.45) is 1.70. The van der Waals surface area contributed by atoms with Gasteiger partial charge in [0, 0.05) is 17.1 Å². The molecule has 3 rings (SSSR count). The summed E-state index contributed by atoms with van der Waals surface area (Å²) in [6.45, 7) is 1.77. The van der Waals surface area contributed by atoms with Gasteiger partial charge in [-0.1, -0.05) is 30.3 Å². The molecule has 2 heterocycles. The maximum atomic E-state index is 11.8. The highest BCUT2D eigenvalue weighted by Crippen LogP contribution is 2.29. The van der Waals surface area contributed by atoms with Gasteiger partial charge in [-0.15, -0.1) is 11.3 Å². The third kappa shape index (κ3) is 2.00. The fourth-order valence-electron chi connectivity index (χ4n) is 2.14. The fourth-order valence-corrected chi connectivity index (χ4v) is 2.74. The molecule has 2 aromatic heterocycles. The number of primary amides is 1. The second kappa shape index (κ2) is 4.90. The second-order valence-electron chi connectivity index (χ2n) is 4.27. The molecule has 20 heavy (non-hydrogen) atoms. The Morgan fingerprint density at radius 3 is 2.65 bits per heavy atom. The van der Waals surface area contributed by atoms with Crippen LogP contribution >= 0.6 is 11.3 Å². The van der Waals surface area contributed by atoms with Crippen molar-refractivity contribution in [1.29, 1.82) is 0 Å². The lowest BCUT2D eigenvalue weighted by Crippen LogP contribution is -2.13. The lowest BCUT2D eigenvalue weighted by atomic mass is 10.1.